The molecule has 2 saturated carbocycles. The summed E-state index contributed by atoms with van der Waals surface area (Å²) in [6.07, 6.45) is 4.38. The van der Waals surface area contributed by atoms with Crippen LogP contribution < -0.4 is 10.6 Å². The Kier molecular flexibility index (Phi) is 3.92. The minimum atomic E-state index is -0.896. The Bertz CT molecular complexity index is 455. The molecule has 0 aromatic heterocycles. The van der Waals surface area contributed by atoms with Crippen molar-refractivity contribution in [1.82, 2.24) is 10.6 Å². The molecule has 0 spiro atoms. The molecule has 3 N–H and O–H groups in total. The average molecular weight is 274 g/mol. The van der Waals surface area contributed by atoms with Gasteiger partial charge in [0, 0.05) is 24.0 Å². The highest BCUT2D eigenvalue weighted by atomic mass is 16.4. The van der Waals surface area contributed by atoms with Crippen molar-refractivity contribution in [3.63, 3.8) is 0 Å². The lowest BCUT2D eigenvalue weighted by molar-refractivity contribution is 0.183. The van der Waals surface area contributed by atoms with Crippen molar-refractivity contribution < 1.29 is 9.90 Å². The van der Waals surface area contributed by atoms with Crippen LogP contribution in [-0.4, -0.2) is 29.3 Å². The van der Waals surface area contributed by atoms with Crippen LogP contribution in [0.4, 0.5) is 4.79 Å². The summed E-state index contributed by atoms with van der Waals surface area (Å²) in [5.41, 5.74) is 1.44. The number of hydrogen-bond donors (Lipinski definition) is 3. The molecule has 2 aliphatic rings. The number of carboxylic acid groups (broad SMARTS) is 1. The molecule has 0 radical (unpaired) electrons. The predicted molar refractivity (Wildman–Crippen MR) is 77.9 cm³/mol. The third-order valence-electron chi connectivity index (χ3n) is 4.52. The Morgan fingerprint density at radius 1 is 1.05 bits per heavy atom. The number of rotatable bonds is 4. The van der Waals surface area contributed by atoms with Gasteiger partial charge in [0.15, 0.2) is 0 Å². The van der Waals surface area contributed by atoms with E-state index in [1.54, 1.807) is 0 Å². The van der Waals surface area contributed by atoms with Crippen LogP contribution in [0.2, 0.25) is 0 Å². The molecule has 0 unspecified atom stereocenters. The largest absolute Gasteiger partial charge is 0.465 e. The molecule has 0 aliphatic heterocycles. The molecule has 1 aromatic carbocycles. The van der Waals surface area contributed by atoms with Crippen molar-refractivity contribution in [1.29, 1.82) is 0 Å². The highest BCUT2D eigenvalue weighted by Crippen LogP contribution is 2.41. The Balaban J connectivity index is 1.42. The highest BCUT2D eigenvalue weighted by molar-refractivity contribution is 5.64. The van der Waals surface area contributed by atoms with E-state index >= 15 is 0 Å². The molecule has 1 amide bonds. The van der Waals surface area contributed by atoms with Gasteiger partial charge in [-0.2, -0.15) is 0 Å². The number of hydrogen-bond acceptors (Lipinski definition) is 2. The summed E-state index contributed by atoms with van der Waals surface area (Å²) in [6, 6.07) is 12.0. The molecule has 0 bridgehead atoms. The Morgan fingerprint density at radius 2 is 1.70 bits per heavy atom. The maximum Gasteiger partial charge on any atom is 0.404 e. The summed E-state index contributed by atoms with van der Waals surface area (Å²) in [7, 11) is 0. The maximum absolute atomic E-state index is 10.6. The van der Waals surface area contributed by atoms with Gasteiger partial charge in [-0.1, -0.05) is 30.3 Å². The third-order valence-corrected chi connectivity index (χ3v) is 4.52. The number of benzene rings is 1. The third kappa shape index (κ3) is 3.31. The van der Waals surface area contributed by atoms with Crippen LogP contribution in [0.1, 0.15) is 43.6 Å². The highest BCUT2D eigenvalue weighted by Gasteiger charge is 2.39. The van der Waals surface area contributed by atoms with E-state index in [2.05, 4.69) is 41.0 Å². The standard InChI is InChI=1S/C16H22N2O2/c19-16(20)18-13-8-6-12(7-9-13)17-15-10-14(15)11-4-2-1-3-5-11/h1-5,12-15,17-18H,6-10H2,(H,19,20)/t12?,13?,14-,15+/m0/s1. The van der Waals surface area contributed by atoms with Crippen molar-refractivity contribution in [3.05, 3.63) is 35.9 Å². The summed E-state index contributed by atoms with van der Waals surface area (Å²) in [6.45, 7) is 0. The topological polar surface area (TPSA) is 61.4 Å². The van der Waals surface area contributed by atoms with Gasteiger partial charge in [-0.15, -0.1) is 0 Å². The van der Waals surface area contributed by atoms with E-state index in [0.29, 0.717) is 18.0 Å². The smallest absolute Gasteiger partial charge is 0.404 e. The predicted octanol–water partition coefficient (Wildman–Crippen LogP) is 2.71. The lowest BCUT2D eigenvalue weighted by atomic mass is 9.91. The van der Waals surface area contributed by atoms with E-state index in [4.69, 9.17) is 5.11 Å². The molecule has 1 aromatic rings. The first-order chi connectivity index (χ1) is 9.72. The fourth-order valence-electron chi connectivity index (χ4n) is 3.33. The van der Waals surface area contributed by atoms with E-state index in [0.717, 1.165) is 25.7 Å². The summed E-state index contributed by atoms with van der Waals surface area (Å²) in [4.78, 5) is 10.6. The van der Waals surface area contributed by atoms with Gasteiger partial charge in [-0.05, 0) is 37.7 Å². The molecular formula is C16H22N2O2. The minimum Gasteiger partial charge on any atom is -0.465 e. The Morgan fingerprint density at radius 3 is 2.35 bits per heavy atom. The quantitative estimate of drug-likeness (QED) is 0.791. The number of carbonyl (C=O) groups is 1. The van der Waals surface area contributed by atoms with Gasteiger partial charge in [0.1, 0.15) is 0 Å². The fourth-order valence-corrected chi connectivity index (χ4v) is 3.33. The second kappa shape index (κ2) is 5.83. The molecular weight excluding hydrogens is 252 g/mol. The number of nitrogens with one attached hydrogen (secondary N) is 2. The van der Waals surface area contributed by atoms with Gasteiger partial charge >= 0.3 is 6.09 Å². The molecule has 3 rings (SSSR count). The summed E-state index contributed by atoms with van der Waals surface area (Å²) in [5.74, 6) is 0.672. The van der Waals surface area contributed by atoms with Crippen LogP contribution >= 0.6 is 0 Å². The molecule has 4 nitrogen and oxygen atoms in total. The molecule has 4 heteroatoms. The Hall–Kier alpha value is -1.55. The van der Waals surface area contributed by atoms with Crippen molar-refractivity contribution in [3.8, 4) is 0 Å². The maximum atomic E-state index is 10.6. The zero-order chi connectivity index (χ0) is 13.9. The zero-order valence-corrected chi connectivity index (χ0v) is 11.6. The van der Waals surface area contributed by atoms with Gasteiger partial charge in [0.05, 0.1) is 0 Å². The van der Waals surface area contributed by atoms with Crippen molar-refractivity contribution in [2.75, 3.05) is 0 Å². The first kappa shape index (κ1) is 13.4. The number of amides is 1. The van der Waals surface area contributed by atoms with E-state index in [1.165, 1.54) is 12.0 Å². The molecule has 2 aliphatic carbocycles. The van der Waals surface area contributed by atoms with E-state index in [9.17, 15) is 4.79 Å². The lowest BCUT2D eigenvalue weighted by Gasteiger charge is -2.29. The van der Waals surface area contributed by atoms with Crippen molar-refractivity contribution >= 4 is 6.09 Å². The second-order valence-electron chi connectivity index (χ2n) is 6.02. The Labute approximate surface area is 119 Å². The van der Waals surface area contributed by atoms with Gasteiger partial charge in [-0.25, -0.2) is 4.79 Å². The molecule has 2 fully saturated rings. The van der Waals surface area contributed by atoms with Crippen LogP contribution in [-0.2, 0) is 0 Å². The van der Waals surface area contributed by atoms with Crippen LogP contribution in [0.5, 0.6) is 0 Å². The summed E-state index contributed by atoms with van der Waals surface area (Å²) in [5, 5.41) is 15.1. The van der Waals surface area contributed by atoms with Crippen LogP contribution in [0.3, 0.4) is 0 Å². The molecule has 20 heavy (non-hydrogen) atoms. The first-order valence-electron chi connectivity index (χ1n) is 7.53. The van der Waals surface area contributed by atoms with Crippen molar-refractivity contribution in [2.24, 2.45) is 0 Å². The van der Waals surface area contributed by atoms with E-state index in [1.807, 2.05) is 0 Å². The summed E-state index contributed by atoms with van der Waals surface area (Å²) < 4.78 is 0. The molecule has 108 valence electrons. The monoisotopic (exact) mass is 274 g/mol. The fraction of sp³-hybridized carbons (Fsp3) is 0.562. The van der Waals surface area contributed by atoms with Gasteiger partial charge in [0.25, 0.3) is 0 Å². The molecule has 2 atom stereocenters. The van der Waals surface area contributed by atoms with E-state index < -0.39 is 6.09 Å². The van der Waals surface area contributed by atoms with Crippen LogP contribution in [0, 0.1) is 0 Å². The minimum absolute atomic E-state index is 0.148. The zero-order valence-electron chi connectivity index (χ0n) is 11.6. The lowest BCUT2D eigenvalue weighted by Crippen LogP contribution is -2.42. The normalized spacial score (nSPS) is 32.6. The molecule has 0 saturated heterocycles. The second-order valence-corrected chi connectivity index (χ2v) is 6.02. The molecule has 0 heterocycles. The summed E-state index contributed by atoms with van der Waals surface area (Å²) >= 11 is 0. The van der Waals surface area contributed by atoms with Crippen LogP contribution in [0.25, 0.3) is 0 Å². The van der Waals surface area contributed by atoms with Gasteiger partial charge < -0.3 is 15.7 Å². The average Bonchev–Trinajstić information content (AvgIpc) is 3.21. The first-order valence-corrected chi connectivity index (χ1v) is 7.53. The van der Waals surface area contributed by atoms with Crippen molar-refractivity contribution in [2.45, 2.75) is 56.1 Å². The van der Waals surface area contributed by atoms with Crippen LogP contribution in [0.15, 0.2) is 30.3 Å². The SMILES string of the molecule is O=C(O)NC1CCC(N[C@@H]2C[C@H]2c2ccccc2)CC1. The van der Waals surface area contributed by atoms with Gasteiger partial charge in [-0.3, -0.25) is 0 Å². The van der Waals surface area contributed by atoms with Gasteiger partial charge in [0.2, 0.25) is 0 Å². The van der Waals surface area contributed by atoms with E-state index in [-0.39, 0.29) is 6.04 Å².